The second kappa shape index (κ2) is 6.70. The largest absolute Gasteiger partial charge is 0.350 e. The Balaban J connectivity index is 2.82. The lowest BCUT2D eigenvalue weighted by molar-refractivity contribution is -0.123. The molecule has 0 bridgehead atoms. The number of hydrogen-bond acceptors (Lipinski definition) is 2. The Morgan fingerprint density at radius 2 is 1.90 bits per heavy atom. The van der Waals surface area contributed by atoms with Crippen molar-refractivity contribution < 1.29 is 14.0 Å². The van der Waals surface area contributed by atoms with Gasteiger partial charge in [-0.3, -0.25) is 9.59 Å². The number of halogens is 1. The fraction of sp³-hybridized carbons (Fsp3) is 0.500. The average Bonchev–Trinajstić information content (AvgIpc) is 2.36. The molecule has 0 heterocycles. The molecule has 0 fully saturated rings. The van der Waals surface area contributed by atoms with Crippen molar-refractivity contribution in [2.45, 2.75) is 40.2 Å². The molecule has 21 heavy (non-hydrogen) atoms. The summed E-state index contributed by atoms with van der Waals surface area (Å²) in [7, 11) is 0. The van der Waals surface area contributed by atoms with Crippen LogP contribution in [-0.4, -0.2) is 35.3 Å². The van der Waals surface area contributed by atoms with Crippen molar-refractivity contribution in [1.82, 2.24) is 10.2 Å². The normalized spacial score (nSPS) is 11.1. The summed E-state index contributed by atoms with van der Waals surface area (Å²) in [5.41, 5.74) is 0.388. The molecule has 0 aromatic heterocycles. The number of likely N-dealkylation sites (N-methyl/N-ethyl adjacent to an activating group) is 1. The number of carbonyl (C=O) groups excluding carboxylic acids is 2. The van der Waals surface area contributed by atoms with Crippen molar-refractivity contribution in [3.8, 4) is 0 Å². The van der Waals surface area contributed by atoms with Gasteiger partial charge >= 0.3 is 0 Å². The highest BCUT2D eigenvalue weighted by molar-refractivity contribution is 5.96. The molecule has 0 saturated carbocycles. The van der Waals surface area contributed by atoms with Crippen molar-refractivity contribution in [1.29, 1.82) is 0 Å². The first kappa shape index (κ1) is 17.1. The number of rotatable bonds is 4. The van der Waals surface area contributed by atoms with E-state index < -0.39 is 5.82 Å². The molecule has 5 heteroatoms. The Kier molecular flexibility index (Phi) is 5.47. The van der Waals surface area contributed by atoms with E-state index >= 15 is 0 Å². The third kappa shape index (κ3) is 5.17. The number of nitrogens with zero attached hydrogens (tertiary/aromatic N) is 1. The van der Waals surface area contributed by atoms with Crippen molar-refractivity contribution >= 4 is 11.8 Å². The maximum Gasteiger partial charge on any atom is 0.254 e. The molecule has 0 aliphatic carbocycles. The first-order chi connectivity index (χ1) is 9.64. The molecule has 0 radical (unpaired) electrons. The molecule has 0 aliphatic heterocycles. The van der Waals surface area contributed by atoms with E-state index in [0.717, 1.165) is 0 Å². The van der Waals surface area contributed by atoms with E-state index in [1.807, 2.05) is 20.8 Å². The molecule has 0 saturated heterocycles. The summed E-state index contributed by atoms with van der Waals surface area (Å²) in [4.78, 5) is 25.6. The van der Waals surface area contributed by atoms with E-state index in [0.29, 0.717) is 12.1 Å². The van der Waals surface area contributed by atoms with Gasteiger partial charge in [0.05, 0.1) is 6.54 Å². The molecule has 0 atom stereocenters. The van der Waals surface area contributed by atoms with Crippen molar-refractivity contribution in [2.75, 3.05) is 13.1 Å². The summed E-state index contributed by atoms with van der Waals surface area (Å²) in [6.07, 6.45) is 0. The van der Waals surface area contributed by atoms with E-state index in [2.05, 4.69) is 5.32 Å². The average molecular weight is 294 g/mol. The zero-order valence-electron chi connectivity index (χ0n) is 13.3. The van der Waals surface area contributed by atoms with Gasteiger partial charge < -0.3 is 10.2 Å². The zero-order chi connectivity index (χ0) is 16.2. The van der Waals surface area contributed by atoms with Gasteiger partial charge in [0.1, 0.15) is 5.82 Å². The van der Waals surface area contributed by atoms with E-state index in [1.165, 1.54) is 11.0 Å². The minimum absolute atomic E-state index is 0.0396. The van der Waals surface area contributed by atoms with Gasteiger partial charge in [0, 0.05) is 17.6 Å². The molecule has 1 aromatic rings. The molecular weight excluding hydrogens is 271 g/mol. The van der Waals surface area contributed by atoms with Crippen molar-refractivity contribution in [3.05, 3.63) is 35.1 Å². The van der Waals surface area contributed by atoms with Crippen LogP contribution in [0, 0.1) is 12.7 Å². The third-order valence-corrected chi connectivity index (χ3v) is 2.94. The van der Waals surface area contributed by atoms with Gasteiger partial charge in [0.25, 0.3) is 5.91 Å². The van der Waals surface area contributed by atoms with Gasteiger partial charge in [-0.25, -0.2) is 4.39 Å². The number of amides is 2. The van der Waals surface area contributed by atoms with E-state index in [1.54, 1.807) is 26.0 Å². The van der Waals surface area contributed by atoms with Crippen LogP contribution in [0.1, 0.15) is 43.6 Å². The molecule has 4 nitrogen and oxygen atoms in total. The molecular formula is C16H23FN2O2. The van der Waals surface area contributed by atoms with Crippen LogP contribution >= 0.6 is 0 Å². The number of hydrogen-bond donors (Lipinski definition) is 1. The van der Waals surface area contributed by atoms with Crippen LogP contribution in [0.5, 0.6) is 0 Å². The Hall–Kier alpha value is -1.91. The van der Waals surface area contributed by atoms with Crippen LogP contribution in [0.3, 0.4) is 0 Å². The lowest BCUT2D eigenvalue weighted by Crippen LogP contribution is -2.47. The maximum atomic E-state index is 13.5. The van der Waals surface area contributed by atoms with Gasteiger partial charge in [0.2, 0.25) is 5.91 Å². The highest BCUT2D eigenvalue weighted by Crippen LogP contribution is 2.11. The van der Waals surface area contributed by atoms with Crippen LogP contribution in [0.15, 0.2) is 18.2 Å². The standard InChI is InChI=1S/C16H23FN2O2/c1-6-19(10-14(20)18-16(3,4)5)15(21)12-8-7-11(2)13(17)9-12/h7-9H,6,10H2,1-5H3,(H,18,20). The fourth-order valence-electron chi connectivity index (χ4n) is 1.87. The molecule has 0 spiro atoms. The molecule has 1 N–H and O–H groups in total. The highest BCUT2D eigenvalue weighted by Gasteiger charge is 2.20. The lowest BCUT2D eigenvalue weighted by Gasteiger charge is -2.25. The number of aryl methyl sites for hydroxylation is 1. The lowest BCUT2D eigenvalue weighted by atomic mass is 10.1. The van der Waals surface area contributed by atoms with Crippen LogP contribution in [0.2, 0.25) is 0 Å². The van der Waals surface area contributed by atoms with E-state index in [-0.39, 0.29) is 29.5 Å². The predicted octanol–water partition coefficient (Wildman–Crippen LogP) is 2.51. The molecule has 2 amide bonds. The molecule has 1 aromatic carbocycles. The third-order valence-electron chi connectivity index (χ3n) is 2.94. The first-order valence-corrected chi connectivity index (χ1v) is 7.00. The monoisotopic (exact) mass is 294 g/mol. The SMILES string of the molecule is CCN(CC(=O)NC(C)(C)C)C(=O)c1ccc(C)c(F)c1. The zero-order valence-corrected chi connectivity index (χ0v) is 13.3. The quantitative estimate of drug-likeness (QED) is 0.927. The van der Waals surface area contributed by atoms with Gasteiger partial charge in [-0.2, -0.15) is 0 Å². The molecule has 0 aliphatic rings. The second-order valence-electron chi connectivity index (χ2n) is 6.08. The predicted molar refractivity (Wildman–Crippen MR) is 80.6 cm³/mol. The number of nitrogens with one attached hydrogen (secondary N) is 1. The minimum atomic E-state index is -0.420. The van der Waals surface area contributed by atoms with Gasteiger partial charge in [-0.15, -0.1) is 0 Å². The summed E-state index contributed by atoms with van der Waals surface area (Å²) in [6.45, 7) is 9.38. The van der Waals surface area contributed by atoms with Crippen LogP contribution in [0.25, 0.3) is 0 Å². The molecule has 116 valence electrons. The maximum absolute atomic E-state index is 13.5. The van der Waals surface area contributed by atoms with Crippen LogP contribution < -0.4 is 5.32 Å². The summed E-state index contributed by atoms with van der Waals surface area (Å²) < 4.78 is 13.5. The Bertz CT molecular complexity index is 536. The molecule has 0 unspecified atom stereocenters. The van der Waals surface area contributed by atoms with E-state index in [9.17, 15) is 14.0 Å². The van der Waals surface area contributed by atoms with E-state index in [4.69, 9.17) is 0 Å². The summed E-state index contributed by atoms with van der Waals surface area (Å²) in [6, 6.07) is 4.35. The first-order valence-electron chi connectivity index (χ1n) is 7.00. The summed E-state index contributed by atoms with van der Waals surface area (Å²) >= 11 is 0. The number of carbonyl (C=O) groups is 2. The molecule has 1 rings (SSSR count). The van der Waals surface area contributed by atoms with Crippen LogP contribution in [-0.2, 0) is 4.79 Å². The number of benzene rings is 1. The Morgan fingerprint density at radius 1 is 1.29 bits per heavy atom. The smallest absolute Gasteiger partial charge is 0.254 e. The summed E-state index contributed by atoms with van der Waals surface area (Å²) in [5.74, 6) is -0.998. The minimum Gasteiger partial charge on any atom is -0.350 e. The van der Waals surface area contributed by atoms with Crippen LogP contribution in [0.4, 0.5) is 4.39 Å². The fourth-order valence-corrected chi connectivity index (χ4v) is 1.87. The van der Waals surface area contributed by atoms with Gasteiger partial charge in [-0.1, -0.05) is 6.07 Å². The van der Waals surface area contributed by atoms with Crippen molar-refractivity contribution in [2.24, 2.45) is 0 Å². The summed E-state index contributed by atoms with van der Waals surface area (Å²) in [5, 5.41) is 2.80. The highest BCUT2D eigenvalue weighted by atomic mass is 19.1. The second-order valence-corrected chi connectivity index (χ2v) is 6.08. The van der Waals surface area contributed by atoms with Gasteiger partial charge in [-0.05, 0) is 52.3 Å². The topological polar surface area (TPSA) is 49.4 Å². The van der Waals surface area contributed by atoms with Crippen molar-refractivity contribution in [3.63, 3.8) is 0 Å². The van der Waals surface area contributed by atoms with Gasteiger partial charge in [0.15, 0.2) is 0 Å². The Labute approximate surface area is 125 Å². The Morgan fingerprint density at radius 3 is 2.38 bits per heavy atom.